The molecule has 13 heteroatoms. The van der Waals surface area contributed by atoms with E-state index in [1.165, 1.54) is 122 Å². The molecule has 1 saturated heterocycles. The zero-order chi connectivity index (χ0) is 40.4. The lowest BCUT2D eigenvalue weighted by molar-refractivity contribution is -0.301. The summed E-state index contributed by atoms with van der Waals surface area (Å²) in [6.07, 6.45) is 27.0. The Labute approximate surface area is 334 Å². The molecule has 4 N–H and O–H groups in total. The Morgan fingerprint density at radius 2 is 1.15 bits per heavy atom. The molecule has 12 nitrogen and oxygen atoms in total. The summed E-state index contributed by atoms with van der Waals surface area (Å²) < 4.78 is 58.8. The summed E-state index contributed by atoms with van der Waals surface area (Å²) in [5.74, 6) is -0.402. The van der Waals surface area contributed by atoms with E-state index in [1.54, 1.807) is 0 Å². The third-order valence-corrected chi connectivity index (χ3v) is 10.6. The second-order valence-electron chi connectivity index (χ2n) is 15.3. The van der Waals surface area contributed by atoms with Gasteiger partial charge in [0.05, 0.1) is 19.8 Å². The van der Waals surface area contributed by atoms with Crippen LogP contribution < -0.4 is 0 Å². The molecule has 0 radical (unpaired) electrons. The number of esters is 1. The fourth-order valence-corrected chi connectivity index (χ4v) is 7.29. The number of carbonyl (C=O) groups is 1. The first-order chi connectivity index (χ1) is 26.6. The lowest BCUT2D eigenvalue weighted by Crippen LogP contribution is -2.60. The van der Waals surface area contributed by atoms with Gasteiger partial charge in [-0.15, -0.1) is 0 Å². The fourth-order valence-electron chi connectivity index (χ4n) is 6.78. The van der Waals surface area contributed by atoms with Gasteiger partial charge in [0.25, 0.3) is 0 Å². The van der Waals surface area contributed by atoms with E-state index in [2.05, 4.69) is 30.2 Å². The van der Waals surface area contributed by atoms with Crippen LogP contribution in [0.2, 0.25) is 0 Å². The minimum Gasteiger partial charge on any atom is -0.457 e. The molecule has 0 aliphatic carbocycles. The molecule has 1 rings (SSSR count). The molecular formula is C42H80O12S. The molecule has 1 fully saturated rings. The smallest absolute Gasteiger partial charge is 0.397 e. The molecule has 0 spiro atoms. The van der Waals surface area contributed by atoms with Gasteiger partial charge in [-0.25, -0.2) is 4.18 Å². The highest BCUT2D eigenvalue weighted by molar-refractivity contribution is 7.80. The predicted octanol–water partition coefficient (Wildman–Crippen LogP) is 8.69. The van der Waals surface area contributed by atoms with Crippen LogP contribution >= 0.6 is 0 Å². The molecule has 0 aromatic carbocycles. The van der Waals surface area contributed by atoms with Crippen LogP contribution in [0.3, 0.4) is 0 Å². The lowest BCUT2D eigenvalue weighted by Gasteiger charge is -2.41. The molecule has 326 valence electrons. The van der Waals surface area contributed by atoms with Gasteiger partial charge in [0.15, 0.2) is 6.29 Å². The predicted molar refractivity (Wildman–Crippen MR) is 216 cm³/mol. The Morgan fingerprint density at radius 1 is 0.673 bits per heavy atom. The second-order valence-corrected chi connectivity index (χ2v) is 16.3. The zero-order valence-corrected chi connectivity index (χ0v) is 35.3. The Balaban J connectivity index is 2.33. The van der Waals surface area contributed by atoms with Crippen LogP contribution in [0.4, 0.5) is 0 Å². The number of carbonyl (C=O) groups excluding carboxylic acids is 1. The highest BCUT2D eigenvalue weighted by Gasteiger charge is 2.48. The van der Waals surface area contributed by atoms with Gasteiger partial charge in [-0.05, 0) is 38.5 Å². The third-order valence-electron chi connectivity index (χ3n) is 10.1. The maximum absolute atomic E-state index is 12.8. The number of allylic oxidation sites excluding steroid dienone is 2. The quantitative estimate of drug-likeness (QED) is 0.0202. The SMILES string of the molecule is CCCCCCCCCC/C=C\CCCCCCCCCCCC(=O)OC(COCCCCCCCCC)COC1OC(CO)C(O)C(OS(=O)(=O)O)C1O. The number of aliphatic hydroxyl groups is 3. The van der Waals surface area contributed by atoms with E-state index in [0.717, 1.165) is 38.5 Å². The van der Waals surface area contributed by atoms with Gasteiger partial charge >= 0.3 is 16.4 Å². The second kappa shape index (κ2) is 34.8. The van der Waals surface area contributed by atoms with Crippen LogP contribution in [-0.4, -0.2) is 97.5 Å². The van der Waals surface area contributed by atoms with Crippen LogP contribution in [0.5, 0.6) is 0 Å². The molecule has 0 aromatic rings. The van der Waals surface area contributed by atoms with Crippen molar-refractivity contribution in [1.29, 1.82) is 0 Å². The van der Waals surface area contributed by atoms with Crippen molar-refractivity contribution < 1.29 is 56.2 Å². The van der Waals surface area contributed by atoms with Crippen LogP contribution in [-0.2, 0) is 38.3 Å². The van der Waals surface area contributed by atoms with Crippen molar-refractivity contribution in [3.8, 4) is 0 Å². The Morgan fingerprint density at radius 3 is 1.64 bits per heavy atom. The zero-order valence-electron chi connectivity index (χ0n) is 34.5. The van der Waals surface area contributed by atoms with E-state index in [9.17, 15) is 28.5 Å². The van der Waals surface area contributed by atoms with Gasteiger partial charge < -0.3 is 34.3 Å². The van der Waals surface area contributed by atoms with Crippen molar-refractivity contribution in [2.24, 2.45) is 0 Å². The van der Waals surface area contributed by atoms with Crippen LogP contribution in [0.15, 0.2) is 12.2 Å². The maximum atomic E-state index is 12.8. The summed E-state index contributed by atoms with van der Waals surface area (Å²) in [5.41, 5.74) is 0. The molecule has 0 bridgehead atoms. The molecule has 0 saturated carbocycles. The summed E-state index contributed by atoms with van der Waals surface area (Å²) in [4.78, 5) is 12.8. The molecule has 1 aliphatic rings. The number of rotatable bonds is 38. The molecular weight excluding hydrogens is 729 g/mol. The molecule has 0 amide bonds. The normalized spacial score (nSPS) is 21.0. The molecule has 6 unspecified atom stereocenters. The monoisotopic (exact) mass is 809 g/mol. The first kappa shape index (κ1) is 51.9. The minimum absolute atomic E-state index is 0.0387. The van der Waals surface area contributed by atoms with Gasteiger partial charge in [-0.1, -0.05) is 154 Å². The summed E-state index contributed by atoms with van der Waals surface area (Å²) >= 11 is 0. The number of hydrogen-bond acceptors (Lipinski definition) is 11. The topological polar surface area (TPSA) is 178 Å². The van der Waals surface area contributed by atoms with E-state index >= 15 is 0 Å². The fraction of sp³-hybridized carbons (Fsp3) is 0.929. The van der Waals surface area contributed by atoms with E-state index < -0.39 is 59.8 Å². The minimum atomic E-state index is -5.05. The highest BCUT2D eigenvalue weighted by Crippen LogP contribution is 2.26. The van der Waals surface area contributed by atoms with Gasteiger partial charge in [0.1, 0.15) is 30.5 Å². The number of ether oxygens (including phenoxy) is 4. The summed E-state index contributed by atoms with van der Waals surface area (Å²) in [5, 5.41) is 30.5. The molecule has 6 atom stereocenters. The summed E-state index contributed by atoms with van der Waals surface area (Å²) in [6, 6.07) is 0. The Kier molecular flexibility index (Phi) is 32.9. The van der Waals surface area contributed by atoms with Crippen molar-refractivity contribution in [1.82, 2.24) is 0 Å². The van der Waals surface area contributed by atoms with Crippen molar-refractivity contribution in [3.05, 3.63) is 12.2 Å². The van der Waals surface area contributed by atoms with Crippen LogP contribution in [0.25, 0.3) is 0 Å². The van der Waals surface area contributed by atoms with E-state index in [4.69, 9.17) is 23.5 Å². The van der Waals surface area contributed by atoms with Crippen molar-refractivity contribution in [2.45, 2.75) is 224 Å². The average molecular weight is 809 g/mol. The summed E-state index contributed by atoms with van der Waals surface area (Å²) in [6.45, 7) is 3.95. The Bertz CT molecular complexity index is 1030. The molecule has 1 heterocycles. The lowest BCUT2D eigenvalue weighted by atomic mass is 9.99. The maximum Gasteiger partial charge on any atom is 0.397 e. The Hall–Kier alpha value is -1.16. The van der Waals surface area contributed by atoms with Crippen molar-refractivity contribution in [3.63, 3.8) is 0 Å². The standard InChI is InChI=1S/C42H80O12S/c1-3-5-7-9-11-12-13-14-15-16-17-18-19-20-21-22-23-24-25-27-29-31-38(44)52-36(34-50-32-30-28-26-10-8-6-4-2)35-51-42-40(46)41(54-55(47,48)49)39(45)37(33-43)53-42/h16-17,36-37,39-43,45-46H,3-15,18-35H2,1-2H3,(H,47,48,49)/b17-16-. The third kappa shape index (κ3) is 28.8. The average Bonchev–Trinajstić information content (AvgIpc) is 3.15. The molecule has 55 heavy (non-hydrogen) atoms. The van der Waals surface area contributed by atoms with Gasteiger partial charge in [0.2, 0.25) is 0 Å². The van der Waals surface area contributed by atoms with Crippen LogP contribution in [0, 0.1) is 0 Å². The highest BCUT2D eigenvalue weighted by atomic mass is 32.3. The van der Waals surface area contributed by atoms with Gasteiger partial charge in [-0.3, -0.25) is 9.35 Å². The van der Waals surface area contributed by atoms with Crippen molar-refractivity contribution in [2.75, 3.05) is 26.4 Å². The first-order valence-corrected chi connectivity index (χ1v) is 23.3. The van der Waals surface area contributed by atoms with E-state index in [1.807, 2.05) is 0 Å². The number of unbranched alkanes of at least 4 members (excludes halogenated alkanes) is 23. The van der Waals surface area contributed by atoms with Gasteiger partial charge in [0, 0.05) is 13.0 Å². The van der Waals surface area contributed by atoms with Gasteiger partial charge in [-0.2, -0.15) is 8.42 Å². The first-order valence-electron chi connectivity index (χ1n) is 21.9. The van der Waals surface area contributed by atoms with E-state index in [-0.39, 0.29) is 19.6 Å². The molecule has 1 aliphatic heterocycles. The number of hydrogen-bond donors (Lipinski definition) is 4. The largest absolute Gasteiger partial charge is 0.457 e. The molecule has 0 aromatic heterocycles. The van der Waals surface area contributed by atoms with E-state index in [0.29, 0.717) is 13.0 Å². The van der Waals surface area contributed by atoms with Crippen LogP contribution in [0.1, 0.15) is 187 Å². The summed E-state index contributed by atoms with van der Waals surface area (Å²) in [7, 11) is -5.05. The number of aliphatic hydroxyl groups excluding tert-OH is 3. The van der Waals surface area contributed by atoms with Crippen molar-refractivity contribution >= 4 is 16.4 Å².